The quantitative estimate of drug-likeness (QED) is 0.403. The van der Waals surface area contributed by atoms with Crippen LogP contribution in [0.25, 0.3) is 11.1 Å². The summed E-state index contributed by atoms with van der Waals surface area (Å²) in [6, 6.07) is 21.3. The van der Waals surface area contributed by atoms with Crippen LogP contribution in [0.2, 0.25) is 0 Å². The second-order valence-electron chi connectivity index (χ2n) is 8.24. The zero-order valence-corrected chi connectivity index (χ0v) is 19.2. The van der Waals surface area contributed by atoms with Gasteiger partial charge in [0.2, 0.25) is 0 Å². The van der Waals surface area contributed by atoms with Gasteiger partial charge in [0, 0.05) is 18.2 Å². The normalized spacial score (nSPS) is 11.9. The average molecular weight is 475 g/mol. The number of carbonyl (C=O) groups excluding carboxylic acids is 2. The van der Waals surface area contributed by atoms with Crippen LogP contribution in [0.15, 0.2) is 66.7 Å². The van der Waals surface area contributed by atoms with E-state index in [1.54, 1.807) is 18.2 Å². The monoisotopic (exact) mass is 474 g/mol. The average Bonchev–Trinajstić information content (AvgIpc) is 3.16. The summed E-state index contributed by atoms with van der Waals surface area (Å²) in [5, 5.41) is 14.4. The number of fused-ring (bicyclic) bond motifs is 3. The van der Waals surface area contributed by atoms with Crippen molar-refractivity contribution in [3.05, 3.63) is 89.0 Å². The Kier molecular flexibility index (Phi) is 7.42. The number of hydrogen-bond donors (Lipinski definition) is 3. The lowest BCUT2D eigenvalue weighted by Gasteiger charge is -2.15. The fourth-order valence-electron chi connectivity index (χ4n) is 4.34. The molecule has 0 heterocycles. The molecule has 8 nitrogen and oxygen atoms in total. The molecule has 0 radical (unpaired) electrons. The van der Waals surface area contributed by atoms with Crippen molar-refractivity contribution in [2.75, 3.05) is 25.6 Å². The van der Waals surface area contributed by atoms with Crippen molar-refractivity contribution in [2.45, 2.75) is 18.9 Å². The number of carbonyl (C=O) groups is 3. The number of carboxylic acid groups (broad SMARTS) is 1. The Balaban J connectivity index is 1.46. The van der Waals surface area contributed by atoms with Crippen LogP contribution in [0.4, 0.5) is 10.5 Å². The maximum absolute atomic E-state index is 12.7. The Morgan fingerprint density at radius 1 is 0.914 bits per heavy atom. The van der Waals surface area contributed by atoms with Gasteiger partial charge in [0.1, 0.15) is 6.61 Å². The smallest absolute Gasteiger partial charge is 0.411 e. The first-order valence-electron chi connectivity index (χ1n) is 11.2. The maximum Gasteiger partial charge on any atom is 0.411 e. The SMILES string of the molecule is COC(=O)Cc1cc(CNCC(=O)O)cc(NC(=O)OCC2c3ccccc3-c3ccccc32)c1. The van der Waals surface area contributed by atoms with Gasteiger partial charge in [0.05, 0.1) is 20.1 Å². The molecule has 1 aliphatic rings. The lowest BCUT2D eigenvalue weighted by Crippen LogP contribution is -2.22. The van der Waals surface area contributed by atoms with E-state index in [1.165, 1.54) is 7.11 Å². The van der Waals surface area contributed by atoms with Crippen molar-refractivity contribution in [1.29, 1.82) is 0 Å². The number of amides is 1. The van der Waals surface area contributed by atoms with Gasteiger partial charge in [-0.1, -0.05) is 54.6 Å². The van der Waals surface area contributed by atoms with E-state index >= 15 is 0 Å². The molecule has 8 heteroatoms. The standard InChI is InChI=1S/C27H26N2O6/c1-34-26(32)13-17-10-18(14-28-15-25(30)31)12-19(11-17)29-27(33)35-16-24-22-8-4-2-6-20(22)21-7-3-5-9-23(21)24/h2-12,24,28H,13-16H2,1H3,(H,29,33)(H,30,31). The third-order valence-corrected chi connectivity index (χ3v) is 5.82. The second kappa shape index (κ2) is 10.8. The summed E-state index contributed by atoms with van der Waals surface area (Å²) in [7, 11) is 1.30. The number of rotatable bonds is 9. The third kappa shape index (κ3) is 5.85. The van der Waals surface area contributed by atoms with Crippen LogP contribution in [0.5, 0.6) is 0 Å². The number of benzene rings is 3. The number of aliphatic carboxylic acids is 1. The minimum Gasteiger partial charge on any atom is -0.480 e. The summed E-state index contributed by atoms with van der Waals surface area (Å²) in [5.41, 5.74) is 6.30. The molecule has 3 aromatic rings. The summed E-state index contributed by atoms with van der Waals surface area (Å²) in [5.74, 6) is -1.46. The van der Waals surface area contributed by atoms with Crippen LogP contribution >= 0.6 is 0 Å². The number of carboxylic acids is 1. The van der Waals surface area contributed by atoms with Crippen molar-refractivity contribution < 1.29 is 29.0 Å². The number of esters is 1. The Bertz CT molecular complexity index is 1210. The molecule has 0 fully saturated rings. The summed E-state index contributed by atoms with van der Waals surface area (Å²) in [6.07, 6.45) is -0.602. The molecule has 180 valence electrons. The molecule has 1 amide bonds. The first-order valence-corrected chi connectivity index (χ1v) is 11.2. The highest BCUT2D eigenvalue weighted by molar-refractivity contribution is 5.86. The van der Waals surface area contributed by atoms with Crippen molar-refractivity contribution in [2.24, 2.45) is 0 Å². The van der Waals surface area contributed by atoms with Crippen LogP contribution in [-0.4, -0.2) is 43.4 Å². The fourth-order valence-corrected chi connectivity index (χ4v) is 4.34. The van der Waals surface area contributed by atoms with Crippen molar-refractivity contribution in [3.63, 3.8) is 0 Å². The van der Waals surface area contributed by atoms with E-state index in [2.05, 4.69) is 22.8 Å². The summed E-state index contributed by atoms with van der Waals surface area (Å²) in [4.78, 5) is 35.2. The predicted molar refractivity (Wildman–Crippen MR) is 130 cm³/mol. The van der Waals surface area contributed by atoms with Gasteiger partial charge in [-0.15, -0.1) is 0 Å². The van der Waals surface area contributed by atoms with E-state index in [4.69, 9.17) is 14.6 Å². The van der Waals surface area contributed by atoms with E-state index in [-0.39, 0.29) is 32.0 Å². The molecule has 0 bridgehead atoms. The zero-order chi connectivity index (χ0) is 24.8. The molecular weight excluding hydrogens is 448 g/mol. The molecule has 4 rings (SSSR count). The van der Waals surface area contributed by atoms with Gasteiger partial charge in [-0.2, -0.15) is 0 Å². The largest absolute Gasteiger partial charge is 0.480 e. The van der Waals surface area contributed by atoms with Crippen LogP contribution in [-0.2, 0) is 32.0 Å². The summed E-state index contributed by atoms with van der Waals surface area (Å²) < 4.78 is 10.3. The van der Waals surface area contributed by atoms with E-state index in [1.807, 2.05) is 36.4 Å². The first kappa shape index (κ1) is 24.0. The van der Waals surface area contributed by atoms with Crippen molar-refractivity contribution >= 4 is 23.7 Å². The Morgan fingerprint density at radius 3 is 2.17 bits per heavy atom. The summed E-state index contributed by atoms with van der Waals surface area (Å²) >= 11 is 0. The van der Waals surface area contributed by atoms with Gasteiger partial charge in [-0.3, -0.25) is 14.9 Å². The lowest BCUT2D eigenvalue weighted by molar-refractivity contribution is -0.140. The van der Waals surface area contributed by atoms with Gasteiger partial charge in [-0.05, 0) is 45.5 Å². The number of anilines is 1. The van der Waals surface area contributed by atoms with Gasteiger partial charge in [0.15, 0.2) is 0 Å². The lowest BCUT2D eigenvalue weighted by atomic mass is 9.98. The second-order valence-corrected chi connectivity index (χ2v) is 8.24. The molecule has 0 atom stereocenters. The highest BCUT2D eigenvalue weighted by atomic mass is 16.5. The van der Waals surface area contributed by atoms with Crippen LogP contribution < -0.4 is 10.6 Å². The molecule has 3 N–H and O–H groups in total. The number of hydrogen-bond acceptors (Lipinski definition) is 6. The molecule has 0 aromatic heterocycles. The van der Waals surface area contributed by atoms with Gasteiger partial charge >= 0.3 is 18.0 Å². The highest BCUT2D eigenvalue weighted by Gasteiger charge is 2.29. The van der Waals surface area contributed by atoms with Gasteiger partial charge in [0.25, 0.3) is 0 Å². The van der Waals surface area contributed by atoms with Crippen LogP contribution in [0, 0.1) is 0 Å². The number of ether oxygens (including phenoxy) is 2. The van der Waals surface area contributed by atoms with Gasteiger partial charge in [-0.25, -0.2) is 4.79 Å². The molecule has 0 saturated carbocycles. The first-order chi connectivity index (χ1) is 16.9. The molecule has 1 aliphatic carbocycles. The number of nitrogens with one attached hydrogen (secondary N) is 2. The van der Waals surface area contributed by atoms with Crippen LogP contribution in [0.3, 0.4) is 0 Å². The van der Waals surface area contributed by atoms with Crippen molar-refractivity contribution in [3.8, 4) is 11.1 Å². The van der Waals surface area contributed by atoms with E-state index in [0.717, 1.165) is 22.3 Å². The molecule has 3 aromatic carbocycles. The Hall–Kier alpha value is -4.17. The molecule has 0 unspecified atom stereocenters. The maximum atomic E-state index is 12.7. The molecule has 0 spiro atoms. The predicted octanol–water partition coefficient (Wildman–Crippen LogP) is 3.94. The van der Waals surface area contributed by atoms with Crippen molar-refractivity contribution in [1.82, 2.24) is 5.32 Å². The zero-order valence-electron chi connectivity index (χ0n) is 19.2. The molecule has 0 aliphatic heterocycles. The minimum atomic E-state index is -0.979. The van der Waals surface area contributed by atoms with E-state index in [9.17, 15) is 14.4 Å². The van der Waals surface area contributed by atoms with E-state index in [0.29, 0.717) is 16.8 Å². The highest BCUT2D eigenvalue weighted by Crippen LogP contribution is 2.44. The Morgan fingerprint density at radius 2 is 1.54 bits per heavy atom. The van der Waals surface area contributed by atoms with Gasteiger partial charge < -0.3 is 19.9 Å². The topological polar surface area (TPSA) is 114 Å². The third-order valence-electron chi connectivity index (χ3n) is 5.82. The number of methoxy groups -OCH3 is 1. The minimum absolute atomic E-state index is 0.0165. The van der Waals surface area contributed by atoms with Crippen LogP contribution in [0.1, 0.15) is 28.2 Å². The summed E-state index contributed by atoms with van der Waals surface area (Å²) in [6.45, 7) is 0.214. The molecule has 0 saturated heterocycles. The molecular formula is C27H26N2O6. The Labute approximate surface area is 202 Å². The molecule has 35 heavy (non-hydrogen) atoms. The fraction of sp³-hybridized carbons (Fsp3) is 0.222. The van der Waals surface area contributed by atoms with E-state index < -0.39 is 18.0 Å².